The molecule has 0 saturated carbocycles. The van der Waals surface area contributed by atoms with E-state index in [1.54, 1.807) is 0 Å². The molecule has 16 heavy (non-hydrogen) atoms. The summed E-state index contributed by atoms with van der Waals surface area (Å²) in [6, 6.07) is 1.17. The maximum atomic E-state index is 9.67. The molecular weight excluding hydrogens is 240 g/mol. The summed E-state index contributed by atoms with van der Waals surface area (Å²) in [5, 5.41) is 9.67. The van der Waals surface area contributed by atoms with Gasteiger partial charge >= 0.3 is 0 Å². The third kappa shape index (κ3) is 6.25. The van der Waals surface area contributed by atoms with Crippen LogP contribution in [0, 0.1) is 0 Å². The minimum absolute atomic E-state index is 0.0365. The monoisotopic (exact) mass is 264 g/mol. The van der Waals surface area contributed by atoms with Crippen LogP contribution in [-0.4, -0.2) is 50.3 Å². The predicted octanol–water partition coefficient (Wildman–Crippen LogP) is 2.18. The van der Waals surface area contributed by atoms with Crippen molar-refractivity contribution in [2.75, 3.05) is 24.9 Å². The first-order chi connectivity index (χ1) is 7.49. The molecule has 1 rings (SSSR count). The zero-order valence-electron chi connectivity index (χ0n) is 10.6. The first-order valence-corrected chi connectivity index (χ1v) is 10.8. The van der Waals surface area contributed by atoms with E-state index >= 15 is 0 Å². The van der Waals surface area contributed by atoms with E-state index in [0.717, 1.165) is 24.5 Å². The standard InChI is InChI=1S/C11H24O3SSi/c1-16(2,3)7-5-13-9-14-11-8-15-6-4-10(11)12/h10-12H,4-9H2,1-3H3/t10-,11+/m1/s1. The molecule has 0 unspecified atom stereocenters. The normalized spacial score (nSPS) is 27.0. The first-order valence-electron chi connectivity index (χ1n) is 5.94. The fourth-order valence-corrected chi connectivity index (χ4v) is 3.31. The van der Waals surface area contributed by atoms with Gasteiger partial charge in [-0.25, -0.2) is 0 Å². The molecule has 1 saturated heterocycles. The van der Waals surface area contributed by atoms with Crippen molar-refractivity contribution in [2.45, 2.75) is 44.3 Å². The molecule has 0 bridgehead atoms. The van der Waals surface area contributed by atoms with Crippen LogP contribution in [0.2, 0.25) is 25.7 Å². The Balaban J connectivity index is 2.02. The average molecular weight is 264 g/mol. The minimum Gasteiger partial charge on any atom is -0.390 e. The van der Waals surface area contributed by atoms with Gasteiger partial charge in [0, 0.05) is 20.4 Å². The van der Waals surface area contributed by atoms with Gasteiger partial charge in [0.1, 0.15) is 6.79 Å². The predicted molar refractivity (Wildman–Crippen MR) is 71.8 cm³/mol. The number of hydrogen-bond acceptors (Lipinski definition) is 4. The van der Waals surface area contributed by atoms with Crippen LogP contribution in [0.3, 0.4) is 0 Å². The number of ether oxygens (including phenoxy) is 2. The van der Waals surface area contributed by atoms with E-state index in [1.807, 2.05) is 11.8 Å². The number of rotatable bonds is 6. The topological polar surface area (TPSA) is 38.7 Å². The van der Waals surface area contributed by atoms with Crippen molar-refractivity contribution >= 4 is 19.8 Å². The fourth-order valence-electron chi connectivity index (χ4n) is 1.43. The molecule has 0 spiro atoms. The molecule has 1 heterocycles. The van der Waals surface area contributed by atoms with Gasteiger partial charge in [0.05, 0.1) is 12.2 Å². The fraction of sp³-hybridized carbons (Fsp3) is 1.00. The van der Waals surface area contributed by atoms with Gasteiger partial charge in [-0.05, 0) is 18.2 Å². The van der Waals surface area contributed by atoms with E-state index in [2.05, 4.69) is 19.6 Å². The Hall–Kier alpha value is 0.447. The quantitative estimate of drug-likeness (QED) is 0.453. The molecule has 1 aliphatic rings. The molecule has 0 aliphatic carbocycles. The molecule has 5 heteroatoms. The Morgan fingerprint density at radius 2 is 2.12 bits per heavy atom. The van der Waals surface area contributed by atoms with Crippen LogP contribution < -0.4 is 0 Å². The molecule has 1 aliphatic heterocycles. The van der Waals surface area contributed by atoms with E-state index in [-0.39, 0.29) is 12.2 Å². The van der Waals surface area contributed by atoms with E-state index in [1.165, 1.54) is 6.04 Å². The van der Waals surface area contributed by atoms with Crippen LogP contribution in [0.1, 0.15) is 6.42 Å². The molecule has 1 N–H and O–H groups in total. The first kappa shape index (κ1) is 14.5. The summed E-state index contributed by atoms with van der Waals surface area (Å²) in [6.45, 7) is 8.11. The van der Waals surface area contributed by atoms with Crippen molar-refractivity contribution in [3.8, 4) is 0 Å². The van der Waals surface area contributed by atoms with Crippen LogP contribution in [0.15, 0.2) is 0 Å². The number of hydrogen-bond donors (Lipinski definition) is 1. The second-order valence-corrected chi connectivity index (χ2v) is 12.2. The maximum Gasteiger partial charge on any atom is 0.147 e. The lowest BCUT2D eigenvalue weighted by atomic mass is 10.2. The molecule has 0 radical (unpaired) electrons. The van der Waals surface area contributed by atoms with Gasteiger partial charge in [-0.1, -0.05) is 19.6 Å². The average Bonchev–Trinajstić information content (AvgIpc) is 2.18. The van der Waals surface area contributed by atoms with E-state index < -0.39 is 8.07 Å². The number of aliphatic hydroxyl groups excluding tert-OH is 1. The van der Waals surface area contributed by atoms with Gasteiger partial charge < -0.3 is 14.6 Å². The van der Waals surface area contributed by atoms with E-state index in [4.69, 9.17) is 9.47 Å². The van der Waals surface area contributed by atoms with Crippen LogP contribution in [0.4, 0.5) is 0 Å². The number of thioether (sulfide) groups is 1. The lowest BCUT2D eigenvalue weighted by molar-refractivity contribution is -0.114. The Kier molecular flexibility index (Phi) is 6.36. The highest BCUT2D eigenvalue weighted by molar-refractivity contribution is 7.99. The summed E-state index contributed by atoms with van der Waals surface area (Å²) in [5.41, 5.74) is 0. The van der Waals surface area contributed by atoms with Gasteiger partial charge in [0.2, 0.25) is 0 Å². The molecule has 3 nitrogen and oxygen atoms in total. The highest BCUT2D eigenvalue weighted by Crippen LogP contribution is 2.20. The summed E-state index contributed by atoms with van der Waals surface area (Å²) in [6.07, 6.45) is 0.497. The van der Waals surface area contributed by atoms with E-state index in [0.29, 0.717) is 6.79 Å². The zero-order valence-corrected chi connectivity index (χ0v) is 12.4. The van der Waals surface area contributed by atoms with Crippen LogP contribution in [-0.2, 0) is 9.47 Å². The molecular formula is C11H24O3SSi. The second kappa shape index (κ2) is 7.01. The highest BCUT2D eigenvalue weighted by Gasteiger charge is 2.23. The summed E-state index contributed by atoms with van der Waals surface area (Å²) in [4.78, 5) is 0. The van der Waals surface area contributed by atoms with Crippen molar-refractivity contribution in [2.24, 2.45) is 0 Å². The third-order valence-corrected chi connectivity index (χ3v) is 5.42. The Morgan fingerprint density at radius 1 is 1.38 bits per heavy atom. The van der Waals surface area contributed by atoms with Crippen LogP contribution in [0.5, 0.6) is 0 Å². The SMILES string of the molecule is C[Si](C)(C)CCOCO[C@H]1CSCC[C@H]1O. The van der Waals surface area contributed by atoms with Gasteiger partial charge in [-0.15, -0.1) is 0 Å². The van der Waals surface area contributed by atoms with Gasteiger partial charge in [-0.2, -0.15) is 11.8 Å². The van der Waals surface area contributed by atoms with Crippen molar-refractivity contribution in [1.29, 1.82) is 0 Å². The van der Waals surface area contributed by atoms with Crippen LogP contribution >= 0.6 is 11.8 Å². The lowest BCUT2D eigenvalue weighted by Crippen LogP contribution is -2.36. The molecule has 2 atom stereocenters. The van der Waals surface area contributed by atoms with Crippen molar-refractivity contribution in [1.82, 2.24) is 0 Å². The summed E-state index contributed by atoms with van der Waals surface area (Å²) in [7, 11) is -0.994. The maximum absolute atomic E-state index is 9.67. The minimum atomic E-state index is -0.994. The lowest BCUT2D eigenvalue weighted by Gasteiger charge is -2.27. The zero-order chi connectivity index (χ0) is 12.0. The molecule has 0 aromatic carbocycles. The summed E-state index contributed by atoms with van der Waals surface area (Å²) >= 11 is 1.84. The van der Waals surface area contributed by atoms with Gasteiger partial charge in [-0.3, -0.25) is 0 Å². The Labute approximate surface area is 104 Å². The molecule has 0 amide bonds. The molecule has 96 valence electrons. The third-order valence-electron chi connectivity index (χ3n) is 2.63. The molecule has 0 aromatic heterocycles. The largest absolute Gasteiger partial charge is 0.390 e. The smallest absolute Gasteiger partial charge is 0.147 e. The second-order valence-electron chi connectivity index (χ2n) is 5.47. The Morgan fingerprint density at radius 3 is 2.75 bits per heavy atom. The number of aliphatic hydroxyl groups is 1. The van der Waals surface area contributed by atoms with Gasteiger partial charge in [0.15, 0.2) is 0 Å². The summed E-state index contributed by atoms with van der Waals surface area (Å²) < 4.78 is 11.0. The highest BCUT2D eigenvalue weighted by atomic mass is 32.2. The van der Waals surface area contributed by atoms with Gasteiger partial charge in [0.25, 0.3) is 0 Å². The van der Waals surface area contributed by atoms with Crippen molar-refractivity contribution in [3.63, 3.8) is 0 Å². The van der Waals surface area contributed by atoms with Crippen LogP contribution in [0.25, 0.3) is 0 Å². The van der Waals surface area contributed by atoms with Crippen molar-refractivity contribution < 1.29 is 14.6 Å². The van der Waals surface area contributed by atoms with Crippen molar-refractivity contribution in [3.05, 3.63) is 0 Å². The molecule has 1 fully saturated rings. The van der Waals surface area contributed by atoms with E-state index in [9.17, 15) is 5.11 Å². The molecule has 0 aromatic rings. The Bertz CT molecular complexity index is 196. The summed E-state index contributed by atoms with van der Waals surface area (Å²) in [5.74, 6) is 1.93.